The zero-order valence-electron chi connectivity index (χ0n) is 19.0. The first-order valence-corrected chi connectivity index (χ1v) is 11.0. The maximum absolute atomic E-state index is 13.2. The molecule has 0 spiro atoms. The molecule has 1 unspecified atom stereocenters. The molecule has 174 valence electrons. The lowest BCUT2D eigenvalue weighted by Crippen LogP contribution is -2.29. The number of pyridine rings is 2. The Morgan fingerprint density at radius 1 is 0.971 bits per heavy atom. The van der Waals surface area contributed by atoms with E-state index in [0.717, 1.165) is 5.56 Å². The fourth-order valence-electron chi connectivity index (χ4n) is 3.98. The van der Waals surface area contributed by atoms with Gasteiger partial charge in [0.05, 0.1) is 24.8 Å². The molecular weight excluding hydrogens is 434 g/mol. The topological polar surface area (TPSA) is 102 Å². The number of carbonyl (C=O) groups is 2. The van der Waals surface area contributed by atoms with E-state index in [1.807, 2.05) is 19.9 Å². The van der Waals surface area contributed by atoms with Crippen molar-refractivity contribution in [2.24, 2.45) is 0 Å². The van der Waals surface area contributed by atoms with Gasteiger partial charge in [-0.1, -0.05) is 12.1 Å². The molecule has 8 heteroatoms. The molecule has 1 atom stereocenters. The van der Waals surface area contributed by atoms with E-state index in [0.29, 0.717) is 35.8 Å². The summed E-state index contributed by atoms with van der Waals surface area (Å²) in [5.74, 6) is -0.651. The second-order valence-electron chi connectivity index (χ2n) is 7.60. The van der Waals surface area contributed by atoms with Gasteiger partial charge in [0, 0.05) is 36.9 Å². The van der Waals surface area contributed by atoms with Crippen LogP contribution in [0.3, 0.4) is 0 Å². The predicted molar refractivity (Wildman–Crippen MR) is 125 cm³/mol. The highest BCUT2D eigenvalue weighted by Crippen LogP contribution is 2.42. The first kappa shape index (κ1) is 23.0. The Morgan fingerprint density at radius 3 is 2.38 bits per heavy atom. The van der Waals surface area contributed by atoms with Gasteiger partial charge >= 0.3 is 0 Å². The Bertz CT molecular complexity index is 1210. The minimum Gasteiger partial charge on any atom is -0.507 e. The van der Waals surface area contributed by atoms with Gasteiger partial charge in [0.1, 0.15) is 5.76 Å². The van der Waals surface area contributed by atoms with Crippen molar-refractivity contribution in [3.05, 3.63) is 89.5 Å². The lowest BCUT2D eigenvalue weighted by atomic mass is 9.95. The third-order valence-corrected chi connectivity index (χ3v) is 5.45. The summed E-state index contributed by atoms with van der Waals surface area (Å²) < 4.78 is 11.4. The Kier molecular flexibility index (Phi) is 6.87. The predicted octanol–water partition coefficient (Wildman–Crippen LogP) is 3.90. The van der Waals surface area contributed by atoms with Gasteiger partial charge in [-0.05, 0) is 55.3 Å². The first-order valence-electron chi connectivity index (χ1n) is 11.0. The third kappa shape index (κ3) is 4.47. The van der Waals surface area contributed by atoms with Gasteiger partial charge in [-0.25, -0.2) is 0 Å². The lowest BCUT2D eigenvalue weighted by Gasteiger charge is -2.26. The summed E-state index contributed by atoms with van der Waals surface area (Å²) in [6, 6.07) is 11.2. The van der Waals surface area contributed by atoms with Crippen LogP contribution < -0.4 is 9.47 Å². The van der Waals surface area contributed by atoms with Crippen LogP contribution in [-0.4, -0.2) is 44.9 Å². The average molecular weight is 460 g/mol. The SMILES string of the molecule is CCOc1ccc(C2/C(=C(\O)c3ccncc3)C(=O)C(=O)N2Cc2cccnc2)cc1OCC. The van der Waals surface area contributed by atoms with Crippen LogP contribution in [0, 0.1) is 0 Å². The number of nitrogens with zero attached hydrogens (tertiary/aromatic N) is 3. The molecule has 0 bridgehead atoms. The molecular formula is C26H25N3O5. The van der Waals surface area contributed by atoms with Crippen molar-refractivity contribution in [1.29, 1.82) is 0 Å². The van der Waals surface area contributed by atoms with Crippen molar-refractivity contribution in [3.63, 3.8) is 0 Å². The highest BCUT2D eigenvalue weighted by Gasteiger charge is 2.46. The fourth-order valence-corrected chi connectivity index (χ4v) is 3.98. The van der Waals surface area contributed by atoms with Crippen molar-refractivity contribution < 1.29 is 24.2 Å². The number of carbonyl (C=O) groups excluding carboxylic acids is 2. The maximum Gasteiger partial charge on any atom is 0.295 e. The van der Waals surface area contributed by atoms with E-state index in [1.54, 1.807) is 48.8 Å². The van der Waals surface area contributed by atoms with Crippen molar-refractivity contribution in [1.82, 2.24) is 14.9 Å². The van der Waals surface area contributed by atoms with Crippen LogP contribution in [0.1, 0.15) is 36.6 Å². The number of aromatic nitrogens is 2. The molecule has 1 amide bonds. The number of amides is 1. The molecule has 3 aromatic rings. The van der Waals surface area contributed by atoms with Gasteiger partial charge in [-0.3, -0.25) is 19.6 Å². The number of benzene rings is 1. The molecule has 1 fully saturated rings. The molecule has 1 saturated heterocycles. The maximum atomic E-state index is 13.2. The second-order valence-corrected chi connectivity index (χ2v) is 7.60. The highest BCUT2D eigenvalue weighted by molar-refractivity contribution is 6.46. The zero-order valence-corrected chi connectivity index (χ0v) is 19.0. The van der Waals surface area contributed by atoms with Crippen LogP contribution in [0.15, 0.2) is 72.8 Å². The molecule has 1 aliphatic rings. The first-order chi connectivity index (χ1) is 16.5. The molecule has 4 rings (SSSR count). The Hall–Kier alpha value is -4.20. The minimum atomic E-state index is -0.830. The number of Topliss-reactive ketones (excluding diaryl/α,β-unsaturated/α-hetero) is 1. The van der Waals surface area contributed by atoms with Crippen molar-refractivity contribution in [2.45, 2.75) is 26.4 Å². The number of hydrogen-bond donors (Lipinski definition) is 1. The monoisotopic (exact) mass is 459 g/mol. The Morgan fingerprint density at radius 2 is 1.71 bits per heavy atom. The Labute approximate surface area is 197 Å². The van der Waals surface area contributed by atoms with Gasteiger partial charge < -0.3 is 19.5 Å². The van der Waals surface area contributed by atoms with E-state index in [-0.39, 0.29) is 17.9 Å². The van der Waals surface area contributed by atoms with Crippen molar-refractivity contribution in [2.75, 3.05) is 13.2 Å². The molecule has 0 saturated carbocycles. The molecule has 1 N–H and O–H groups in total. The smallest absolute Gasteiger partial charge is 0.295 e. The van der Waals surface area contributed by atoms with Crippen LogP contribution in [0.25, 0.3) is 5.76 Å². The molecule has 34 heavy (non-hydrogen) atoms. The number of hydrogen-bond acceptors (Lipinski definition) is 7. The summed E-state index contributed by atoms with van der Waals surface area (Å²) in [6.45, 7) is 4.76. The van der Waals surface area contributed by atoms with Crippen LogP contribution in [0.2, 0.25) is 0 Å². The van der Waals surface area contributed by atoms with Crippen molar-refractivity contribution in [3.8, 4) is 11.5 Å². The van der Waals surface area contributed by atoms with Crippen LogP contribution >= 0.6 is 0 Å². The molecule has 2 aromatic heterocycles. The van der Waals surface area contributed by atoms with E-state index >= 15 is 0 Å². The summed E-state index contributed by atoms with van der Waals surface area (Å²) in [6.07, 6.45) is 6.31. The molecule has 1 aromatic carbocycles. The standard InChI is InChI=1S/C26H25N3O5/c1-3-33-20-8-7-19(14-21(20)34-4-2)23-22(24(30)18-9-12-27-13-10-18)25(31)26(32)29(23)16-17-6-5-11-28-15-17/h5-15,23,30H,3-4,16H2,1-2H3/b24-22+. The summed E-state index contributed by atoms with van der Waals surface area (Å²) >= 11 is 0. The highest BCUT2D eigenvalue weighted by atomic mass is 16.5. The Balaban J connectivity index is 1.87. The normalized spacial score (nSPS) is 17.1. The summed E-state index contributed by atoms with van der Waals surface area (Å²) in [5.41, 5.74) is 1.78. The molecule has 3 heterocycles. The quantitative estimate of drug-likeness (QED) is 0.310. The summed E-state index contributed by atoms with van der Waals surface area (Å²) in [7, 11) is 0. The molecule has 0 aliphatic carbocycles. The van der Waals surface area contributed by atoms with Crippen LogP contribution in [0.5, 0.6) is 11.5 Å². The van der Waals surface area contributed by atoms with Gasteiger partial charge in [-0.15, -0.1) is 0 Å². The van der Waals surface area contributed by atoms with Gasteiger partial charge in [0.2, 0.25) is 0 Å². The summed E-state index contributed by atoms with van der Waals surface area (Å²) in [4.78, 5) is 35.9. The van der Waals surface area contributed by atoms with Crippen LogP contribution in [-0.2, 0) is 16.1 Å². The minimum absolute atomic E-state index is 0.00620. The fraction of sp³-hybridized carbons (Fsp3) is 0.231. The largest absolute Gasteiger partial charge is 0.507 e. The van der Waals surface area contributed by atoms with Crippen LogP contribution in [0.4, 0.5) is 0 Å². The van der Waals surface area contributed by atoms with Gasteiger partial charge in [0.25, 0.3) is 11.7 Å². The zero-order chi connectivity index (χ0) is 24.1. The number of likely N-dealkylation sites (tertiary alicyclic amines) is 1. The molecule has 1 aliphatic heterocycles. The number of aliphatic hydroxyl groups is 1. The summed E-state index contributed by atoms with van der Waals surface area (Å²) in [5, 5.41) is 11.1. The third-order valence-electron chi connectivity index (χ3n) is 5.45. The van der Waals surface area contributed by atoms with E-state index in [4.69, 9.17) is 9.47 Å². The number of rotatable bonds is 8. The number of aliphatic hydroxyl groups excluding tert-OH is 1. The van der Waals surface area contributed by atoms with E-state index in [1.165, 1.54) is 17.3 Å². The lowest BCUT2D eigenvalue weighted by molar-refractivity contribution is -0.140. The second kappa shape index (κ2) is 10.2. The van der Waals surface area contributed by atoms with Gasteiger partial charge in [0.15, 0.2) is 11.5 Å². The molecule has 8 nitrogen and oxygen atoms in total. The van der Waals surface area contributed by atoms with Crippen molar-refractivity contribution >= 4 is 17.4 Å². The van der Waals surface area contributed by atoms with E-state index < -0.39 is 17.7 Å². The van der Waals surface area contributed by atoms with E-state index in [9.17, 15) is 14.7 Å². The van der Waals surface area contributed by atoms with Gasteiger partial charge in [-0.2, -0.15) is 0 Å². The number of ketones is 1. The average Bonchev–Trinajstić information content (AvgIpc) is 3.11. The molecule has 0 radical (unpaired) electrons. The van der Waals surface area contributed by atoms with E-state index in [2.05, 4.69) is 9.97 Å². The number of ether oxygens (including phenoxy) is 2.